The molecule has 0 radical (unpaired) electrons. The lowest BCUT2D eigenvalue weighted by atomic mass is 10.1. The van der Waals surface area contributed by atoms with Crippen LogP contribution in [0, 0.1) is 0 Å². The third-order valence-corrected chi connectivity index (χ3v) is 2.17. The molecule has 3 nitrogen and oxygen atoms in total. The second kappa shape index (κ2) is 4.33. The summed E-state index contributed by atoms with van der Waals surface area (Å²) in [5.74, 6) is 1.62. The van der Waals surface area contributed by atoms with E-state index in [4.69, 9.17) is 14.5 Å². The Balaban J connectivity index is 2.23. The van der Waals surface area contributed by atoms with Crippen molar-refractivity contribution in [3.8, 4) is 11.5 Å². The maximum atomic E-state index is 5.38. The highest BCUT2D eigenvalue weighted by Crippen LogP contribution is 2.27. The minimum Gasteiger partial charge on any atom is -0.494 e. The molecule has 3 heteroatoms. The molecule has 0 spiro atoms. The van der Waals surface area contributed by atoms with Crippen molar-refractivity contribution in [2.75, 3.05) is 13.2 Å². The molecular formula is C11H14O3. The van der Waals surface area contributed by atoms with Crippen LogP contribution in [0.4, 0.5) is 0 Å². The molecule has 1 heterocycles. The Labute approximate surface area is 83.5 Å². The second-order valence-corrected chi connectivity index (χ2v) is 3.21. The SMILES string of the molecule is CCOc1ccc2c(c1)OOCCC2. The molecule has 76 valence electrons. The van der Waals surface area contributed by atoms with E-state index in [0.29, 0.717) is 13.2 Å². The lowest BCUT2D eigenvalue weighted by Crippen LogP contribution is -1.96. The van der Waals surface area contributed by atoms with Crippen molar-refractivity contribution < 1.29 is 14.5 Å². The molecule has 1 aromatic rings. The van der Waals surface area contributed by atoms with Crippen molar-refractivity contribution in [3.05, 3.63) is 23.8 Å². The van der Waals surface area contributed by atoms with Gasteiger partial charge in [0.05, 0.1) is 13.2 Å². The van der Waals surface area contributed by atoms with Crippen LogP contribution in [-0.2, 0) is 11.3 Å². The lowest BCUT2D eigenvalue weighted by Gasteiger charge is -2.07. The van der Waals surface area contributed by atoms with Gasteiger partial charge in [0.2, 0.25) is 0 Å². The summed E-state index contributed by atoms with van der Waals surface area (Å²) in [5.41, 5.74) is 1.19. The van der Waals surface area contributed by atoms with Gasteiger partial charge in [-0.2, -0.15) is 4.89 Å². The molecule has 0 fully saturated rings. The van der Waals surface area contributed by atoms with Crippen molar-refractivity contribution >= 4 is 0 Å². The lowest BCUT2D eigenvalue weighted by molar-refractivity contribution is -0.203. The summed E-state index contributed by atoms with van der Waals surface area (Å²) in [5, 5.41) is 0. The molecule has 1 aliphatic rings. The molecule has 0 amide bonds. The van der Waals surface area contributed by atoms with E-state index in [-0.39, 0.29) is 0 Å². The Hall–Kier alpha value is -1.22. The molecular weight excluding hydrogens is 180 g/mol. The van der Waals surface area contributed by atoms with Gasteiger partial charge >= 0.3 is 0 Å². The molecule has 0 bridgehead atoms. The maximum Gasteiger partial charge on any atom is 0.172 e. The fraction of sp³-hybridized carbons (Fsp3) is 0.455. The standard InChI is InChI=1S/C11H14O3/c1-2-12-10-6-5-9-4-3-7-13-14-11(9)8-10/h5-6,8H,2-4,7H2,1H3. The molecule has 1 aromatic carbocycles. The van der Waals surface area contributed by atoms with Crippen LogP contribution in [0.3, 0.4) is 0 Å². The molecule has 0 atom stereocenters. The van der Waals surface area contributed by atoms with Crippen molar-refractivity contribution in [1.29, 1.82) is 0 Å². The van der Waals surface area contributed by atoms with Gasteiger partial charge in [-0.25, -0.2) is 0 Å². The summed E-state index contributed by atoms with van der Waals surface area (Å²) in [6.45, 7) is 3.28. The van der Waals surface area contributed by atoms with Crippen LogP contribution in [0.15, 0.2) is 18.2 Å². The molecule has 0 saturated carbocycles. The Morgan fingerprint density at radius 3 is 3.21 bits per heavy atom. The first-order chi connectivity index (χ1) is 6.90. The quantitative estimate of drug-likeness (QED) is 0.676. The highest BCUT2D eigenvalue weighted by molar-refractivity contribution is 5.40. The van der Waals surface area contributed by atoms with Gasteiger partial charge < -0.3 is 9.62 Å². The largest absolute Gasteiger partial charge is 0.494 e. The van der Waals surface area contributed by atoms with Crippen LogP contribution in [0.5, 0.6) is 11.5 Å². The van der Waals surface area contributed by atoms with E-state index in [1.165, 1.54) is 5.56 Å². The van der Waals surface area contributed by atoms with Gasteiger partial charge in [0.1, 0.15) is 5.75 Å². The van der Waals surface area contributed by atoms with Crippen LogP contribution in [0.25, 0.3) is 0 Å². The van der Waals surface area contributed by atoms with E-state index >= 15 is 0 Å². The first-order valence-electron chi connectivity index (χ1n) is 4.95. The minimum absolute atomic E-state index is 0.651. The molecule has 2 rings (SSSR count). The molecule has 0 N–H and O–H groups in total. The van der Waals surface area contributed by atoms with E-state index in [1.54, 1.807) is 0 Å². The average Bonchev–Trinajstić information content (AvgIpc) is 2.42. The summed E-state index contributed by atoms with van der Waals surface area (Å²) in [6, 6.07) is 5.89. The summed E-state index contributed by atoms with van der Waals surface area (Å²) >= 11 is 0. The third-order valence-electron chi connectivity index (χ3n) is 2.17. The third kappa shape index (κ3) is 1.99. The number of benzene rings is 1. The average molecular weight is 194 g/mol. The van der Waals surface area contributed by atoms with Gasteiger partial charge in [0.15, 0.2) is 5.75 Å². The number of rotatable bonds is 2. The summed E-state index contributed by atoms with van der Waals surface area (Å²) in [4.78, 5) is 10.2. The van der Waals surface area contributed by atoms with Gasteiger partial charge in [0, 0.05) is 6.07 Å². The Morgan fingerprint density at radius 2 is 2.36 bits per heavy atom. The smallest absolute Gasteiger partial charge is 0.172 e. The number of aryl methyl sites for hydroxylation is 1. The van der Waals surface area contributed by atoms with Crippen LogP contribution < -0.4 is 9.62 Å². The molecule has 0 aromatic heterocycles. The Morgan fingerprint density at radius 1 is 1.43 bits per heavy atom. The molecule has 14 heavy (non-hydrogen) atoms. The number of ether oxygens (including phenoxy) is 1. The van der Waals surface area contributed by atoms with Crippen molar-refractivity contribution in [1.82, 2.24) is 0 Å². The fourth-order valence-corrected chi connectivity index (χ4v) is 1.50. The molecule has 0 unspecified atom stereocenters. The minimum atomic E-state index is 0.651. The van der Waals surface area contributed by atoms with E-state index in [2.05, 4.69) is 0 Å². The zero-order chi connectivity index (χ0) is 9.80. The molecule has 1 aliphatic heterocycles. The van der Waals surface area contributed by atoms with Gasteiger partial charge in [-0.3, -0.25) is 0 Å². The first kappa shape index (κ1) is 9.34. The summed E-state index contributed by atoms with van der Waals surface area (Å²) in [7, 11) is 0. The summed E-state index contributed by atoms with van der Waals surface area (Å²) < 4.78 is 5.38. The first-order valence-corrected chi connectivity index (χ1v) is 4.95. The van der Waals surface area contributed by atoms with E-state index in [1.807, 2.05) is 25.1 Å². The van der Waals surface area contributed by atoms with E-state index < -0.39 is 0 Å². The van der Waals surface area contributed by atoms with E-state index in [9.17, 15) is 0 Å². The van der Waals surface area contributed by atoms with E-state index in [0.717, 1.165) is 24.3 Å². The predicted molar refractivity (Wildman–Crippen MR) is 52.5 cm³/mol. The van der Waals surface area contributed by atoms with Crippen molar-refractivity contribution in [3.63, 3.8) is 0 Å². The number of hydrogen-bond acceptors (Lipinski definition) is 3. The van der Waals surface area contributed by atoms with Gasteiger partial charge in [-0.1, -0.05) is 6.07 Å². The monoisotopic (exact) mass is 194 g/mol. The Bertz CT molecular complexity index is 309. The maximum absolute atomic E-state index is 5.38. The molecule has 0 saturated heterocycles. The predicted octanol–water partition coefficient (Wildman–Crippen LogP) is 2.34. The topological polar surface area (TPSA) is 27.7 Å². The van der Waals surface area contributed by atoms with Gasteiger partial charge in [-0.15, -0.1) is 0 Å². The van der Waals surface area contributed by atoms with Crippen molar-refractivity contribution in [2.24, 2.45) is 0 Å². The number of hydrogen-bond donors (Lipinski definition) is 0. The summed E-state index contributed by atoms with van der Waals surface area (Å²) in [6.07, 6.45) is 2.00. The van der Waals surface area contributed by atoms with Gasteiger partial charge in [0.25, 0.3) is 0 Å². The highest BCUT2D eigenvalue weighted by atomic mass is 17.2. The second-order valence-electron chi connectivity index (χ2n) is 3.21. The normalized spacial score (nSPS) is 15.2. The highest BCUT2D eigenvalue weighted by Gasteiger charge is 2.10. The van der Waals surface area contributed by atoms with Crippen LogP contribution in [0.1, 0.15) is 18.9 Å². The number of fused-ring (bicyclic) bond motifs is 1. The van der Waals surface area contributed by atoms with Crippen LogP contribution >= 0.6 is 0 Å². The Kier molecular flexibility index (Phi) is 2.89. The van der Waals surface area contributed by atoms with Crippen LogP contribution in [0.2, 0.25) is 0 Å². The van der Waals surface area contributed by atoms with Crippen LogP contribution in [-0.4, -0.2) is 13.2 Å². The van der Waals surface area contributed by atoms with Gasteiger partial charge in [-0.05, 0) is 31.4 Å². The fourth-order valence-electron chi connectivity index (χ4n) is 1.50. The zero-order valence-electron chi connectivity index (χ0n) is 8.29. The zero-order valence-corrected chi connectivity index (χ0v) is 8.29. The van der Waals surface area contributed by atoms with Crippen molar-refractivity contribution in [2.45, 2.75) is 19.8 Å². The molecule has 0 aliphatic carbocycles.